The number of nitrogens with one attached hydrogen (secondary N) is 3. The number of aromatic nitrogens is 2. The number of carbonyl (C=O) groups is 1. The number of furan rings is 1. The van der Waals surface area contributed by atoms with E-state index in [-0.39, 0.29) is 17.6 Å². The Balaban J connectivity index is 1.82. The highest BCUT2D eigenvalue weighted by Gasteiger charge is 2.19. The predicted octanol–water partition coefficient (Wildman–Crippen LogP) is 2.13. The van der Waals surface area contributed by atoms with Gasteiger partial charge in [-0.2, -0.15) is 0 Å². The molecule has 7 heteroatoms. The van der Waals surface area contributed by atoms with Crippen LogP contribution in [0.1, 0.15) is 34.8 Å². The largest absolute Gasteiger partial charge is 0.464 e. The smallest absolute Gasteiger partial charge is 0.323 e. The van der Waals surface area contributed by atoms with E-state index in [0.717, 1.165) is 12.2 Å². The number of rotatable bonds is 6. The molecule has 0 radical (unpaired) electrons. The molecule has 1 aromatic carbocycles. The van der Waals surface area contributed by atoms with E-state index in [0.29, 0.717) is 29.0 Å². The van der Waals surface area contributed by atoms with Crippen LogP contribution in [0.5, 0.6) is 0 Å². The topological polar surface area (TPSA) is 100 Å². The fourth-order valence-corrected chi connectivity index (χ4v) is 2.55. The molecule has 0 saturated heterocycles. The van der Waals surface area contributed by atoms with Crippen LogP contribution in [-0.2, 0) is 11.2 Å². The SMILES string of the molecule is CCc1ccc([C@@H](COC)NC(=O)c2ccc3[nH]c(=O)[nH]c3c2)o1. The summed E-state index contributed by atoms with van der Waals surface area (Å²) in [6.45, 7) is 2.30. The van der Waals surface area contributed by atoms with Crippen LogP contribution in [0.3, 0.4) is 0 Å². The van der Waals surface area contributed by atoms with E-state index in [1.807, 2.05) is 19.1 Å². The maximum absolute atomic E-state index is 12.5. The van der Waals surface area contributed by atoms with Crippen LogP contribution in [0, 0.1) is 0 Å². The van der Waals surface area contributed by atoms with Gasteiger partial charge in [0.25, 0.3) is 5.91 Å². The van der Waals surface area contributed by atoms with Crippen LogP contribution in [0.2, 0.25) is 0 Å². The molecule has 0 aliphatic carbocycles. The lowest BCUT2D eigenvalue weighted by Crippen LogP contribution is -2.31. The van der Waals surface area contributed by atoms with Crippen molar-refractivity contribution in [1.29, 1.82) is 0 Å². The van der Waals surface area contributed by atoms with Crippen molar-refractivity contribution < 1.29 is 13.9 Å². The molecule has 0 aliphatic rings. The zero-order valence-electron chi connectivity index (χ0n) is 13.5. The van der Waals surface area contributed by atoms with Crippen molar-refractivity contribution in [2.24, 2.45) is 0 Å². The number of ether oxygens (including phenoxy) is 1. The zero-order chi connectivity index (χ0) is 17.1. The van der Waals surface area contributed by atoms with Gasteiger partial charge in [-0.25, -0.2) is 4.79 Å². The first-order chi connectivity index (χ1) is 11.6. The van der Waals surface area contributed by atoms with Gasteiger partial charge in [0.15, 0.2) is 0 Å². The normalized spacial score (nSPS) is 12.4. The summed E-state index contributed by atoms with van der Waals surface area (Å²) < 4.78 is 10.9. The molecule has 24 heavy (non-hydrogen) atoms. The monoisotopic (exact) mass is 329 g/mol. The van der Waals surface area contributed by atoms with E-state index >= 15 is 0 Å². The summed E-state index contributed by atoms with van der Waals surface area (Å²) in [6, 6.07) is 8.33. The van der Waals surface area contributed by atoms with E-state index in [1.165, 1.54) is 0 Å². The van der Waals surface area contributed by atoms with E-state index in [9.17, 15) is 9.59 Å². The predicted molar refractivity (Wildman–Crippen MR) is 89.1 cm³/mol. The number of hydrogen-bond donors (Lipinski definition) is 3. The van der Waals surface area contributed by atoms with Crippen LogP contribution in [-0.4, -0.2) is 29.6 Å². The molecule has 0 spiro atoms. The Morgan fingerprint density at radius 3 is 2.75 bits per heavy atom. The molecule has 0 unspecified atom stereocenters. The Hall–Kier alpha value is -2.80. The molecule has 2 heterocycles. The zero-order valence-corrected chi connectivity index (χ0v) is 13.5. The maximum Gasteiger partial charge on any atom is 0.323 e. The lowest BCUT2D eigenvalue weighted by atomic mass is 10.1. The maximum atomic E-state index is 12.5. The molecule has 126 valence electrons. The number of aryl methyl sites for hydroxylation is 1. The summed E-state index contributed by atoms with van der Waals surface area (Å²) >= 11 is 0. The minimum Gasteiger partial charge on any atom is -0.464 e. The molecular weight excluding hydrogens is 310 g/mol. The summed E-state index contributed by atoms with van der Waals surface area (Å²) in [5, 5.41) is 2.90. The first-order valence-electron chi connectivity index (χ1n) is 7.71. The van der Waals surface area contributed by atoms with E-state index < -0.39 is 0 Å². The third-order valence-corrected chi connectivity index (χ3v) is 3.79. The van der Waals surface area contributed by atoms with Crippen LogP contribution >= 0.6 is 0 Å². The minimum atomic E-state index is -0.385. The van der Waals surface area contributed by atoms with Gasteiger partial charge in [0, 0.05) is 19.1 Å². The molecule has 0 fully saturated rings. The molecule has 1 amide bonds. The van der Waals surface area contributed by atoms with Gasteiger partial charge >= 0.3 is 5.69 Å². The second-order valence-electron chi connectivity index (χ2n) is 5.48. The highest BCUT2D eigenvalue weighted by molar-refractivity contribution is 5.97. The van der Waals surface area contributed by atoms with Gasteiger partial charge in [-0.05, 0) is 30.3 Å². The fraction of sp³-hybridized carbons (Fsp3) is 0.294. The highest BCUT2D eigenvalue weighted by atomic mass is 16.5. The lowest BCUT2D eigenvalue weighted by molar-refractivity contribution is 0.0882. The second-order valence-corrected chi connectivity index (χ2v) is 5.48. The van der Waals surface area contributed by atoms with Gasteiger partial charge in [-0.15, -0.1) is 0 Å². The minimum absolute atomic E-state index is 0.268. The number of methoxy groups -OCH3 is 1. The van der Waals surface area contributed by atoms with Crippen molar-refractivity contribution in [3.05, 3.63) is 57.9 Å². The van der Waals surface area contributed by atoms with Crippen molar-refractivity contribution in [3.8, 4) is 0 Å². The third-order valence-electron chi connectivity index (χ3n) is 3.79. The Kier molecular flexibility index (Phi) is 4.52. The molecule has 3 rings (SSSR count). The van der Waals surface area contributed by atoms with Gasteiger partial charge in [0.2, 0.25) is 0 Å². The summed E-state index contributed by atoms with van der Waals surface area (Å²) in [4.78, 5) is 29.1. The number of hydrogen-bond acceptors (Lipinski definition) is 4. The summed E-state index contributed by atoms with van der Waals surface area (Å²) in [5.41, 5.74) is 1.38. The number of carbonyl (C=O) groups excluding carboxylic acids is 1. The van der Waals surface area contributed by atoms with E-state index in [4.69, 9.17) is 9.15 Å². The van der Waals surface area contributed by atoms with Gasteiger partial charge in [-0.1, -0.05) is 6.92 Å². The van der Waals surface area contributed by atoms with Crippen LogP contribution in [0.25, 0.3) is 11.0 Å². The first kappa shape index (κ1) is 16.1. The Morgan fingerprint density at radius 1 is 1.25 bits per heavy atom. The van der Waals surface area contributed by atoms with Gasteiger partial charge in [0.1, 0.15) is 17.6 Å². The lowest BCUT2D eigenvalue weighted by Gasteiger charge is -2.16. The number of benzene rings is 1. The Labute approximate surface area is 138 Å². The molecule has 0 aliphatic heterocycles. The Bertz CT molecular complexity index is 906. The van der Waals surface area contributed by atoms with E-state index in [2.05, 4.69) is 15.3 Å². The Morgan fingerprint density at radius 2 is 2.04 bits per heavy atom. The number of imidazole rings is 1. The summed E-state index contributed by atoms with van der Waals surface area (Å²) in [5.74, 6) is 1.24. The van der Waals surface area contributed by atoms with Crippen LogP contribution < -0.4 is 11.0 Å². The van der Waals surface area contributed by atoms with Crippen molar-refractivity contribution in [3.63, 3.8) is 0 Å². The quantitative estimate of drug-likeness (QED) is 0.645. The van der Waals surface area contributed by atoms with Crippen molar-refractivity contribution in [1.82, 2.24) is 15.3 Å². The standard InChI is InChI=1S/C17H19N3O4/c1-3-11-5-7-15(24-11)14(9-23-2)18-16(21)10-4-6-12-13(8-10)20-17(22)19-12/h4-8,14H,3,9H2,1-2H3,(H,18,21)(H2,19,20,22)/t14-/m1/s1. The fourth-order valence-electron chi connectivity index (χ4n) is 2.55. The van der Waals surface area contributed by atoms with Crippen molar-refractivity contribution in [2.45, 2.75) is 19.4 Å². The molecule has 2 aromatic heterocycles. The first-order valence-corrected chi connectivity index (χ1v) is 7.71. The van der Waals surface area contributed by atoms with Crippen molar-refractivity contribution in [2.75, 3.05) is 13.7 Å². The number of H-pyrrole nitrogens is 2. The molecule has 3 aromatic rings. The molecular formula is C17H19N3O4. The number of fused-ring (bicyclic) bond motifs is 1. The average molecular weight is 329 g/mol. The highest BCUT2D eigenvalue weighted by Crippen LogP contribution is 2.19. The van der Waals surface area contributed by atoms with Crippen molar-refractivity contribution >= 4 is 16.9 Å². The molecule has 0 saturated carbocycles. The molecule has 7 nitrogen and oxygen atoms in total. The number of amides is 1. The van der Waals surface area contributed by atoms with Gasteiger partial charge < -0.3 is 24.4 Å². The molecule has 0 bridgehead atoms. The number of aromatic amines is 2. The van der Waals surface area contributed by atoms with Crippen LogP contribution in [0.4, 0.5) is 0 Å². The van der Waals surface area contributed by atoms with Gasteiger partial charge in [-0.3, -0.25) is 4.79 Å². The molecule has 1 atom stereocenters. The summed E-state index contributed by atoms with van der Waals surface area (Å²) in [6.07, 6.45) is 0.783. The summed E-state index contributed by atoms with van der Waals surface area (Å²) in [7, 11) is 1.57. The molecule has 3 N–H and O–H groups in total. The van der Waals surface area contributed by atoms with E-state index in [1.54, 1.807) is 25.3 Å². The third kappa shape index (κ3) is 3.26. The average Bonchev–Trinajstić information content (AvgIpc) is 3.18. The second kappa shape index (κ2) is 6.76. The van der Waals surface area contributed by atoms with Gasteiger partial charge in [0.05, 0.1) is 17.6 Å². The van der Waals surface area contributed by atoms with Crippen LogP contribution in [0.15, 0.2) is 39.5 Å².